The largest absolute Gasteiger partial charge is 0.503 e. The summed E-state index contributed by atoms with van der Waals surface area (Å²) >= 11 is 4.56. The second-order valence-electron chi connectivity index (χ2n) is 5.42. The van der Waals surface area contributed by atoms with E-state index >= 15 is 0 Å². The minimum absolute atomic E-state index is 0.0153. The zero-order valence-electron chi connectivity index (χ0n) is 14.5. The summed E-state index contributed by atoms with van der Waals surface area (Å²) < 4.78 is 10.3. The van der Waals surface area contributed by atoms with E-state index < -0.39 is 10.9 Å². The minimum atomic E-state index is -0.494. The van der Waals surface area contributed by atoms with Gasteiger partial charge < -0.3 is 14.6 Å². The molecule has 0 radical (unpaired) electrons. The molecule has 0 fully saturated rings. The molecule has 2 aromatic carbocycles. The van der Waals surface area contributed by atoms with Gasteiger partial charge in [0.25, 0.3) is 5.69 Å². The van der Waals surface area contributed by atoms with E-state index in [1.807, 2.05) is 0 Å². The Morgan fingerprint density at radius 2 is 2.00 bits per heavy atom. The Morgan fingerprint density at radius 1 is 1.30 bits per heavy atom. The maximum Gasteiger partial charge on any atom is 0.338 e. The number of hydrogen-bond donors (Lipinski definition) is 1. The highest BCUT2D eigenvalue weighted by Gasteiger charge is 2.17. The number of non-ortho nitro benzene ring substituents is 1. The topological polar surface area (TPSA) is 98.9 Å². The van der Waals surface area contributed by atoms with Crippen molar-refractivity contribution in [1.29, 1.82) is 0 Å². The Hall–Kier alpha value is -2.26. The number of alkyl halides is 1. The highest BCUT2D eigenvalue weighted by Crippen LogP contribution is 2.39. The molecule has 0 aliphatic heterocycles. The van der Waals surface area contributed by atoms with Crippen molar-refractivity contribution >= 4 is 39.3 Å². The van der Waals surface area contributed by atoms with E-state index in [-0.39, 0.29) is 22.7 Å². The van der Waals surface area contributed by atoms with Crippen molar-refractivity contribution in [2.24, 2.45) is 0 Å². The molecule has 7 nitrogen and oxygen atoms in total. The van der Waals surface area contributed by atoms with Crippen LogP contribution in [-0.2, 0) is 10.5 Å². The number of carbonyl (C=O) groups excluding carboxylic acids is 1. The summed E-state index contributed by atoms with van der Waals surface area (Å²) in [6.07, 6.45) is 0.697. The molecule has 27 heavy (non-hydrogen) atoms. The summed E-state index contributed by atoms with van der Waals surface area (Å²) in [4.78, 5) is 22.9. The van der Waals surface area contributed by atoms with Crippen LogP contribution >= 0.6 is 27.7 Å². The van der Waals surface area contributed by atoms with E-state index in [0.717, 1.165) is 10.9 Å². The predicted octanol–water partition coefficient (Wildman–Crippen LogP) is 4.54. The van der Waals surface area contributed by atoms with Crippen molar-refractivity contribution in [3.8, 4) is 11.5 Å². The first kappa shape index (κ1) is 21.0. The number of ether oxygens (including phenoxy) is 2. The third-order valence-electron chi connectivity index (χ3n) is 3.55. The van der Waals surface area contributed by atoms with Gasteiger partial charge in [0.05, 0.1) is 29.1 Å². The van der Waals surface area contributed by atoms with Gasteiger partial charge in [-0.25, -0.2) is 4.79 Å². The molecule has 0 atom stereocenters. The molecule has 0 spiro atoms. The molecule has 0 heterocycles. The molecule has 0 bridgehead atoms. The van der Waals surface area contributed by atoms with Crippen molar-refractivity contribution in [1.82, 2.24) is 0 Å². The monoisotopic (exact) mass is 455 g/mol. The lowest BCUT2D eigenvalue weighted by atomic mass is 10.2. The SMILES string of the molecule is COc1cc(C(=O)OCCCBr)cc(SCc2ccc([N+](=O)[O-])cc2)c1O. The lowest BCUT2D eigenvalue weighted by molar-refractivity contribution is -0.384. The van der Waals surface area contributed by atoms with Crippen LogP contribution in [0.4, 0.5) is 5.69 Å². The van der Waals surface area contributed by atoms with E-state index in [4.69, 9.17) is 9.47 Å². The normalized spacial score (nSPS) is 10.4. The van der Waals surface area contributed by atoms with Crippen LogP contribution in [0.2, 0.25) is 0 Å². The van der Waals surface area contributed by atoms with Crippen molar-refractivity contribution < 1.29 is 24.3 Å². The van der Waals surface area contributed by atoms with Gasteiger partial charge in [-0.3, -0.25) is 10.1 Å². The van der Waals surface area contributed by atoms with Gasteiger partial charge in [-0.15, -0.1) is 11.8 Å². The first-order valence-corrected chi connectivity index (χ1v) is 10.1. The highest BCUT2D eigenvalue weighted by molar-refractivity contribution is 9.09. The number of aromatic hydroxyl groups is 1. The van der Waals surface area contributed by atoms with Crippen LogP contribution in [0.5, 0.6) is 11.5 Å². The molecule has 0 saturated carbocycles. The van der Waals surface area contributed by atoms with Crippen LogP contribution in [0.1, 0.15) is 22.3 Å². The first-order valence-electron chi connectivity index (χ1n) is 7.96. The van der Waals surface area contributed by atoms with E-state index in [2.05, 4.69) is 15.9 Å². The standard InChI is InChI=1S/C18H18BrNO6S/c1-25-15-9-13(18(22)26-8-2-7-19)10-16(17(15)21)27-11-12-3-5-14(6-4-12)20(23)24/h3-6,9-10,21H,2,7-8,11H2,1H3. The summed E-state index contributed by atoms with van der Waals surface area (Å²) in [6, 6.07) is 9.13. The number of phenolic OH excluding ortho intramolecular Hbond substituents is 1. The number of methoxy groups -OCH3 is 1. The molecule has 0 saturated heterocycles. The smallest absolute Gasteiger partial charge is 0.338 e. The lowest BCUT2D eigenvalue weighted by Crippen LogP contribution is -2.07. The maximum atomic E-state index is 12.2. The van der Waals surface area contributed by atoms with Crippen LogP contribution in [0, 0.1) is 10.1 Å². The third kappa shape index (κ3) is 5.86. The lowest BCUT2D eigenvalue weighted by Gasteiger charge is -2.12. The summed E-state index contributed by atoms with van der Waals surface area (Å²) in [5.41, 5.74) is 1.14. The zero-order chi connectivity index (χ0) is 19.8. The molecule has 0 aliphatic rings. The molecular formula is C18H18BrNO6S. The quantitative estimate of drug-likeness (QED) is 0.148. The summed E-state index contributed by atoms with van der Waals surface area (Å²) in [7, 11) is 1.40. The van der Waals surface area contributed by atoms with Gasteiger partial charge in [0.15, 0.2) is 11.5 Å². The number of nitro benzene ring substituents is 1. The van der Waals surface area contributed by atoms with Crippen molar-refractivity contribution in [2.45, 2.75) is 17.1 Å². The molecule has 2 rings (SSSR count). The molecular weight excluding hydrogens is 438 g/mol. The van der Waals surface area contributed by atoms with Gasteiger partial charge in [0.1, 0.15) is 0 Å². The average Bonchev–Trinajstić information content (AvgIpc) is 2.67. The van der Waals surface area contributed by atoms with Gasteiger partial charge in [-0.2, -0.15) is 0 Å². The van der Waals surface area contributed by atoms with Crippen molar-refractivity contribution in [3.63, 3.8) is 0 Å². The van der Waals surface area contributed by atoms with Crippen LogP contribution in [0.15, 0.2) is 41.3 Å². The van der Waals surface area contributed by atoms with Crippen molar-refractivity contribution in [3.05, 3.63) is 57.6 Å². The fourth-order valence-electron chi connectivity index (χ4n) is 2.14. The molecule has 0 unspecified atom stereocenters. The number of halogens is 1. The average molecular weight is 456 g/mol. The highest BCUT2D eigenvalue weighted by atomic mass is 79.9. The van der Waals surface area contributed by atoms with E-state index in [9.17, 15) is 20.0 Å². The molecule has 2 aromatic rings. The van der Waals surface area contributed by atoms with Crippen LogP contribution in [0.25, 0.3) is 0 Å². The minimum Gasteiger partial charge on any atom is -0.503 e. The number of rotatable bonds is 9. The van der Waals surface area contributed by atoms with Gasteiger partial charge in [0.2, 0.25) is 0 Å². The number of hydrogen-bond acceptors (Lipinski definition) is 7. The van der Waals surface area contributed by atoms with E-state index in [0.29, 0.717) is 23.7 Å². The summed E-state index contributed by atoms with van der Waals surface area (Å²) in [5.74, 6) is 0.0700. The molecule has 0 aliphatic carbocycles. The first-order chi connectivity index (χ1) is 13.0. The second-order valence-corrected chi connectivity index (χ2v) is 7.23. The molecule has 1 N–H and O–H groups in total. The molecule has 0 amide bonds. The van der Waals surface area contributed by atoms with Crippen LogP contribution in [0.3, 0.4) is 0 Å². The summed E-state index contributed by atoms with van der Waals surface area (Å²) in [5, 5.41) is 21.8. The Labute approximate surface area is 169 Å². The van der Waals surface area contributed by atoms with Gasteiger partial charge in [-0.1, -0.05) is 28.1 Å². The van der Waals surface area contributed by atoms with Crippen LogP contribution in [-0.4, -0.2) is 35.0 Å². The Morgan fingerprint density at radius 3 is 2.59 bits per heavy atom. The van der Waals surface area contributed by atoms with E-state index in [1.54, 1.807) is 18.2 Å². The number of benzene rings is 2. The van der Waals surface area contributed by atoms with Gasteiger partial charge in [-0.05, 0) is 24.1 Å². The molecule has 9 heteroatoms. The zero-order valence-corrected chi connectivity index (χ0v) is 16.9. The number of carbonyl (C=O) groups is 1. The Balaban J connectivity index is 2.15. The fourth-order valence-corrected chi connectivity index (χ4v) is 3.33. The van der Waals surface area contributed by atoms with Crippen molar-refractivity contribution in [2.75, 3.05) is 19.0 Å². The molecule has 144 valence electrons. The van der Waals surface area contributed by atoms with Crippen LogP contribution < -0.4 is 4.74 Å². The number of nitro groups is 1. The van der Waals surface area contributed by atoms with Gasteiger partial charge >= 0.3 is 5.97 Å². The Bertz CT molecular complexity index is 812. The Kier molecular flexibility index (Phi) is 7.93. The fraction of sp³-hybridized carbons (Fsp3) is 0.278. The number of nitrogens with zero attached hydrogens (tertiary/aromatic N) is 1. The van der Waals surface area contributed by atoms with Gasteiger partial charge in [0, 0.05) is 23.2 Å². The predicted molar refractivity (Wildman–Crippen MR) is 106 cm³/mol. The number of esters is 1. The third-order valence-corrected chi connectivity index (χ3v) is 5.21. The maximum absolute atomic E-state index is 12.2. The number of phenols is 1. The second kappa shape index (κ2) is 10.2. The number of thioether (sulfide) groups is 1. The molecule has 0 aromatic heterocycles. The summed E-state index contributed by atoms with van der Waals surface area (Å²) in [6.45, 7) is 0.290. The van der Waals surface area contributed by atoms with E-state index in [1.165, 1.54) is 37.1 Å².